The number of methoxy groups -OCH3 is 2. The quantitative estimate of drug-likeness (QED) is 0.574. The molecule has 1 N–H and O–H groups in total. The molecule has 1 aliphatic rings. The fourth-order valence-electron chi connectivity index (χ4n) is 2.90. The van der Waals surface area contributed by atoms with Crippen LogP contribution in [0.15, 0.2) is 30.3 Å². The van der Waals surface area contributed by atoms with Gasteiger partial charge in [-0.05, 0) is 25.5 Å². The molecule has 140 valence electrons. The third kappa shape index (κ3) is 4.03. The highest BCUT2D eigenvalue weighted by molar-refractivity contribution is 5.77. The number of carbonyl (C=O) groups excluding carboxylic acids is 1. The van der Waals surface area contributed by atoms with Gasteiger partial charge in [0, 0.05) is 21.1 Å². The Bertz CT molecular complexity index is 566. The second-order valence-corrected chi connectivity index (χ2v) is 6.46. The number of rotatable bonds is 8. The topological polar surface area (TPSA) is 66.0 Å². The first-order valence-corrected chi connectivity index (χ1v) is 8.70. The predicted octanol–water partition coefficient (Wildman–Crippen LogP) is 2.78. The summed E-state index contributed by atoms with van der Waals surface area (Å²) in [6, 6.07) is 9.41. The molecule has 0 aliphatic carbocycles. The lowest BCUT2D eigenvalue weighted by atomic mass is 9.98. The van der Waals surface area contributed by atoms with Crippen LogP contribution >= 0.6 is 0 Å². The molecule has 6 heteroatoms. The summed E-state index contributed by atoms with van der Waals surface area (Å²) in [4.78, 5) is 12.7. The molecular formula is C19H29NO5. The Morgan fingerprint density at radius 3 is 2.36 bits per heavy atom. The summed E-state index contributed by atoms with van der Waals surface area (Å²) in [5.74, 6) is -3.02. The zero-order valence-corrected chi connectivity index (χ0v) is 15.7. The SMILES string of the molecule is CCCCN[C@@H](c1ccccc1)[C@H]1O[C@](C)(OC)[C@@](C)(OC)OC1=O. The summed E-state index contributed by atoms with van der Waals surface area (Å²) in [6.45, 7) is 6.24. The van der Waals surface area contributed by atoms with Crippen molar-refractivity contribution >= 4 is 5.97 Å². The fraction of sp³-hybridized carbons (Fsp3) is 0.632. The Morgan fingerprint density at radius 2 is 1.80 bits per heavy atom. The highest BCUT2D eigenvalue weighted by Crippen LogP contribution is 2.40. The molecular weight excluding hydrogens is 322 g/mol. The predicted molar refractivity (Wildman–Crippen MR) is 93.9 cm³/mol. The van der Waals surface area contributed by atoms with Crippen molar-refractivity contribution in [2.75, 3.05) is 20.8 Å². The van der Waals surface area contributed by atoms with E-state index in [1.165, 1.54) is 14.2 Å². The number of esters is 1. The normalized spacial score (nSPS) is 30.8. The van der Waals surface area contributed by atoms with Gasteiger partial charge in [0.2, 0.25) is 5.79 Å². The molecule has 0 aromatic heterocycles. The molecule has 1 fully saturated rings. The maximum absolute atomic E-state index is 12.7. The van der Waals surface area contributed by atoms with Crippen LogP contribution in [-0.2, 0) is 23.7 Å². The van der Waals surface area contributed by atoms with E-state index in [-0.39, 0.29) is 6.04 Å². The Balaban J connectivity index is 2.31. The van der Waals surface area contributed by atoms with Crippen molar-refractivity contribution in [3.63, 3.8) is 0 Å². The second kappa shape index (κ2) is 8.27. The number of unbranched alkanes of at least 4 members (excludes halogenated alkanes) is 1. The van der Waals surface area contributed by atoms with Gasteiger partial charge in [0.15, 0.2) is 6.10 Å². The van der Waals surface area contributed by atoms with Crippen molar-refractivity contribution in [3.8, 4) is 0 Å². The molecule has 0 saturated carbocycles. The molecule has 0 amide bonds. The number of nitrogens with one attached hydrogen (secondary N) is 1. The third-order valence-electron chi connectivity index (χ3n) is 4.84. The zero-order chi connectivity index (χ0) is 18.5. The van der Waals surface area contributed by atoms with Crippen LogP contribution in [0.25, 0.3) is 0 Å². The first-order chi connectivity index (χ1) is 11.9. The lowest BCUT2D eigenvalue weighted by molar-refractivity contribution is -0.407. The van der Waals surface area contributed by atoms with Gasteiger partial charge in [-0.25, -0.2) is 4.79 Å². The molecule has 1 aromatic carbocycles. The van der Waals surface area contributed by atoms with Gasteiger partial charge in [0.05, 0.1) is 6.04 Å². The third-order valence-corrected chi connectivity index (χ3v) is 4.84. The van der Waals surface area contributed by atoms with Crippen LogP contribution in [0.5, 0.6) is 0 Å². The molecule has 25 heavy (non-hydrogen) atoms. The van der Waals surface area contributed by atoms with E-state index in [1.807, 2.05) is 30.3 Å². The minimum Gasteiger partial charge on any atom is -0.425 e. The van der Waals surface area contributed by atoms with E-state index in [1.54, 1.807) is 13.8 Å². The number of benzene rings is 1. The minimum absolute atomic E-state index is 0.337. The number of hydrogen-bond donors (Lipinski definition) is 1. The van der Waals surface area contributed by atoms with E-state index in [4.69, 9.17) is 18.9 Å². The molecule has 0 unspecified atom stereocenters. The van der Waals surface area contributed by atoms with E-state index >= 15 is 0 Å². The van der Waals surface area contributed by atoms with Gasteiger partial charge in [-0.1, -0.05) is 43.7 Å². The first kappa shape index (κ1) is 19.8. The van der Waals surface area contributed by atoms with Crippen LogP contribution in [0.4, 0.5) is 0 Å². The summed E-state index contributed by atoms with van der Waals surface area (Å²) >= 11 is 0. The van der Waals surface area contributed by atoms with Crippen molar-refractivity contribution < 1.29 is 23.7 Å². The van der Waals surface area contributed by atoms with Crippen LogP contribution in [0, 0.1) is 0 Å². The average molecular weight is 351 g/mol. The smallest absolute Gasteiger partial charge is 0.340 e. The van der Waals surface area contributed by atoms with Gasteiger partial charge in [-0.2, -0.15) is 0 Å². The molecule has 1 saturated heterocycles. The summed E-state index contributed by atoms with van der Waals surface area (Å²) in [5, 5.41) is 3.42. The number of hydrogen-bond acceptors (Lipinski definition) is 6. The number of carbonyl (C=O) groups is 1. The van der Waals surface area contributed by atoms with Crippen molar-refractivity contribution in [3.05, 3.63) is 35.9 Å². The van der Waals surface area contributed by atoms with Crippen LogP contribution in [0.1, 0.15) is 45.2 Å². The van der Waals surface area contributed by atoms with Gasteiger partial charge in [-0.15, -0.1) is 0 Å². The fourth-order valence-corrected chi connectivity index (χ4v) is 2.90. The van der Waals surface area contributed by atoms with Gasteiger partial charge in [0.25, 0.3) is 5.79 Å². The Kier molecular flexibility index (Phi) is 6.57. The van der Waals surface area contributed by atoms with E-state index in [9.17, 15) is 4.79 Å². The maximum atomic E-state index is 12.7. The Hall–Kier alpha value is -1.47. The average Bonchev–Trinajstić information content (AvgIpc) is 2.63. The van der Waals surface area contributed by atoms with Crippen LogP contribution < -0.4 is 5.32 Å². The second-order valence-electron chi connectivity index (χ2n) is 6.46. The van der Waals surface area contributed by atoms with Gasteiger partial charge < -0.3 is 24.3 Å². The van der Waals surface area contributed by atoms with E-state index in [0.29, 0.717) is 0 Å². The summed E-state index contributed by atoms with van der Waals surface area (Å²) < 4.78 is 22.6. The van der Waals surface area contributed by atoms with E-state index in [0.717, 1.165) is 24.9 Å². The molecule has 2 rings (SSSR count). The minimum atomic E-state index is -1.32. The van der Waals surface area contributed by atoms with E-state index < -0.39 is 23.6 Å². The van der Waals surface area contributed by atoms with Crippen molar-refractivity contribution in [2.24, 2.45) is 0 Å². The summed E-state index contributed by atoms with van der Waals surface area (Å²) in [6.07, 6.45) is 1.22. The number of cyclic esters (lactones) is 1. The van der Waals surface area contributed by atoms with Crippen LogP contribution in [-0.4, -0.2) is 44.4 Å². The molecule has 0 spiro atoms. The monoisotopic (exact) mass is 351 g/mol. The standard InChI is InChI=1S/C19H29NO5/c1-6-7-13-20-15(14-11-9-8-10-12-14)16-17(21)25-19(3,23-5)18(2,22-4)24-16/h8-12,15-16,20H,6-7,13H2,1-5H3/t15-,16+,18-,19-/m0/s1. The van der Waals surface area contributed by atoms with Gasteiger partial charge in [0.1, 0.15) is 0 Å². The van der Waals surface area contributed by atoms with Crippen LogP contribution in [0.2, 0.25) is 0 Å². The molecule has 1 aromatic rings. The molecule has 0 bridgehead atoms. The Labute approximate surface area is 149 Å². The molecule has 6 nitrogen and oxygen atoms in total. The van der Waals surface area contributed by atoms with Gasteiger partial charge in [-0.3, -0.25) is 0 Å². The maximum Gasteiger partial charge on any atom is 0.340 e. The molecule has 0 radical (unpaired) electrons. The molecule has 4 atom stereocenters. The zero-order valence-electron chi connectivity index (χ0n) is 15.7. The van der Waals surface area contributed by atoms with Crippen molar-refractivity contribution in [1.82, 2.24) is 5.32 Å². The van der Waals surface area contributed by atoms with Crippen molar-refractivity contribution in [2.45, 2.75) is 57.3 Å². The highest BCUT2D eigenvalue weighted by atomic mass is 16.8. The lowest BCUT2D eigenvalue weighted by Gasteiger charge is -2.49. The summed E-state index contributed by atoms with van der Waals surface area (Å²) in [7, 11) is 2.97. The Morgan fingerprint density at radius 1 is 1.16 bits per heavy atom. The summed E-state index contributed by atoms with van der Waals surface area (Å²) in [5.41, 5.74) is 0.958. The molecule has 1 heterocycles. The number of ether oxygens (including phenoxy) is 4. The van der Waals surface area contributed by atoms with E-state index in [2.05, 4.69) is 12.2 Å². The van der Waals surface area contributed by atoms with Gasteiger partial charge >= 0.3 is 5.97 Å². The largest absolute Gasteiger partial charge is 0.425 e. The molecule has 1 aliphatic heterocycles. The van der Waals surface area contributed by atoms with Crippen molar-refractivity contribution in [1.29, 1.82) is 0 Å². The first-order valence-electron chi connectivity index (χ1n) is 8.70. The van der Waals surface area contributed by atoms with Crippen LogP contribution in [0.3, 0.4) is 0 Å². The lowest BCUT2D eigenvalue weighted by Crippen LogP contribution is -2.65. The highest BCUT2D eigenvalue weighted by Gasteiger charge is 2.58.